The fraction of sp³-hybridized carbons (Fsp3) is 0.350. The molecule has 0 aromatic carbocycles. The van der Waals surface area contributed by atoms with Crippen molar-refractivity contribution in [1.29, 1.82) is 0 Å². The molecule has 8 heteroatoms. The summed E-state index contributed by atoms with van der Waals surface area (Å²) in [6.07, 6.45) is 7.90. The maximum atomic E-state index is 12.8. The number of hydrogen-bond acceptors (Lipinski definition) is 6. The number of aromatic nitrogens is 5. The molecule has 3 heterocycles. The van der Waals surface area contributed by atoms with Crippen LogP contribution >= 0.6 is 0 Å². The van der Waals surface area contributed by atoms with Gasteiger partial charge in [-0.05, 0) is 51.3 Å². The Morgan fingerprint density at radius 3 is 2.71 bits per heavy atom. The van der Waals surface area contributed by atoms with E-state index in [1.165, 1.54) is 0 Å². The summed E-state index contributed by atoms with van der Waals surface area (Å²) in [6, 6.07) is 3.77. The number of H-pyrrole nitrogens is 1. The Morgan fingerprint density at radius 1 is 1.21 bits per heavy atom. The Morgan fingerprint density at radius 2 is 2.04 bits per heavy atom. The molecule has 8 nitrogen and oxygen atoms in total. The maximum Gasteiger partial charge on any atom is 0.289 e. The fourth-order valence-corrected chi connectivity index (χ4v) is 2.79. The highest BCUT2D eigenvalue weighted by molar-refractivity contribution is 5.91. The van der Waals surface area contributed by atoms with Crippen LogP contribution in [0.25, 0.3) is 0 Å². The molecule has 0 radical (unpaired) electrons. The van der Waals surface area contributed by atoms with Gasteiger partial charge in [0.15, 0.2) is 0 Å². The third-order valence-corrected chi connectivity index (χ3v) is 4.66. The lowest BCUT2D eigenvalue weighted by Gasteiger charge is -2.26. The van der Waals surface area contributed by atoms with Gasteiger partial charge in [0.1, 0.15) is 5.82 Å². The number of carbonyl (C=O) groups excluding carboxylic acids is 1. The summed E-state index contributed by atoms with van der Waals surface area (Å²) in [5.74, 6) is 0.487. The van der Waals surface area contributed by atoms with Gasteiger partial charge < -0.3 is 10.6 Å². The molecule has 28 heavy (non-hydrogen) atoms. The molecule has 0 aliphatic carbocycles. The van der Waals surface area contributed by atoms with Gasteiger partial charge >= 0.3 is 0 Å². The van der Waals surface area contributed by atoms with E-state index in [2.05, 4.69) is 35.8 Å². The number of nitrogens with zero attached hydrogens (tertiary/aromatic N) is 4. The SMILES string of the molecule is Cc1nc(C(=O)NC(C)(C)c2cccnc2)nc(NCCc2cn[nH]c2)c1C. The van der Waals surface area contributed by atoms with Gasteiger partial charge in [0.25, 0.3) is 5.91 Å². The summed E-state index contributed by atoms with van der Waals surface area (Å²) in [7, 11) is 0. The molecule has 0 unspecified atom stereocenters. The highest BCUT2D eigenvalue weighted by Crippen LogP contribution is 2.20. The first-order chi connectivity index (χ1) is 13.4. The van der Waals surface area contributed by atoms with E-state index in [-0.39, 0.29) is 11.7 Å². The Hall–Kier alpha value is -3.29. The molecule has 3 rings (SSSR count). The number of hydrogen-bond donors (Lipinski definition) is 3. The molecule has 0 fully saturated rings. The molecule has 0 saturated carbocycles. The van der Waals surface area contributed by atoms with Gasteiger partial charge in [-0.3, -0.25) is 14.9 Å². The number of anilines is 1. The normalized spacial score (nSPS) is 11.3. The van der Waals surface area contributed by atoms with Crippen LogP contribution in [0, 0.1) is 13.8 Å². The predicted molar refractivity (Wildman–Crippen MR) is 107 cm³/mol. The molecule has 3 aromatic heterocycles. The van der Waals surface area contributed by atoms with E-state index in [0.717, 1.165) is 28.8 Å². The van der Waals surface area contributed by atoms with Gasteiger partial charge in [-0.1, -0.05) is 6.07 Å². The number of nitrogens with one attached hydrogen (secondary N) is 3. The van der Waals surface area contributed by atoms with Crippen molar-refractivity contribution in [3.8, 4) is 0 Å². The smallest absolute Gasteiger partial charge is 0.289 e. The number of carbonyl (C=O) groups is 1. The third-order valence-electron chi connectivity index (χ3n) is 4.66. The molecular weight excluding hydrogens is 354 g/mol. The molecule has 0 atom stereocenters. The average molecular weight is 379 g/mol. The minimum atomic E-state index is -0.595. The summed E-state index contributed by atoms with van der Waals surface area (Å²) >= 11 is 0. The van der Waals surface area contributed by atoms with Crippen molar-refractivity contribution in [3.63, 3.8) is 0 Å². The monoisotopic (exact) mass is 379 g/mol. The van der Waals surface area contributed by atoms with E-state index in [1.807, 2.05) is 46.0 Å². The zero-order valence-electron chi connectivity index (χ0n) is 16.6. The standard InChI is InChI=1S/C20H25N7O/c1-13-14(2)25-18(26-17(13)22-9-7-15-10-23-24-11-15)19(28)27-20(3,4)16-6-5-8-21-12-16/h5-6,8,10-12H,7,9H2,1-4H3,(H,23,24)(H,27,28)(H,22,25,26). The first-order valence-electron chi connectivity index (χ1n) is 9.16. The summed E-state index contributed by atoms with van der Waals surface area (Å²) in [6.45, 7) is 8.34. The highest BCUT2D eigenvalue weighted by Gasteiger charge is 2.25. The second-order valence-electron chi connectivity index (χ2n) is 7.21. The van der Waals surface area contributed by atoms with Crippen LogP contribution in [0.3, 0.4) is 0 Å². The molecule has 0 spiro atoms. The van der Waals surface area contributed by atoms with E-state index in [1.54, 1.807) is 18.6 Å². The zero-order chi connectivity index (χ0) is 20.1. The predicted octanol–water partition coefficient (Wildman–Crippen LogP) is 2.53. The van der Waals surface area contributed by atoms with Crippen molar-refractivity contribution in [2.24, 2.45) is 0 Å². The van der Waals surface area contributed by atoms with Crippen LogP contribution in [0.4, 0.5) is 5.82 Å². The van der Waals surface area contributed by atoms with Gasteiger partial charge in [0.2, 0.25) is 5.82 Å². The van der Waals surface area contributed by atoms with Crippen LogP contribution < -0.4 is 10.6 Å². The van der Waals surface area contributed by atoms with E-state index in [9.17, 15) is 4.79 Å². The molecule has 3 N–H and O–H groups in total. The summed E-state index contributed by atoms with van der Waals surface area (Å²) in [4.78, 5) is 25.8. The minimum absolute atomic E-state index is 0.144. The first-order valence-corrected chi connectivity index (χ1v) is 9.16. The molecule has 0 aliphatic heterocycles. The Balaban J connectivity index is 1.74. The lowest BCUT2D eigenvalue weighted by atomic mass is 9.96. The van der Waals surface area contributed by atoms with Gasteiger partial charge in [0, 0.05) is 36.4 Å². The summed E-state index contributed by atoms with van der Waals surface area (Å²) < 4.78 is 0. The van der Waals surface area contributed by atoms with Gasteiger partial charge in [-0.2, -0.15) is 5.10 Å². The second kappa shape index (κ2) is 8.16. The summed E-state index contributed by atoms with van der Waals surface area (Å²) in [5.41, 5.74) is 3.11. The number of aryl methyl sites for hydroxylation is 1. The first kappa shape index (κ1) is 19.5. The number of pyridine rings is 1. The molecule has 0 aliphatic rings. The van der Waals surface area contributed by atoms with E-state index in [4.69, 9.17) is 0 Å². The van der Waals surface area contributed by atoms with Crippen LogP contribution in [0.1, 0.15) is 46.9 Å². The lowest BCUT2D eigenvalue weighted by molar-refractivity contribution is 0.0901. The van der Waals surface area contributed by atoms with Crippen molar-refractivity contribution in [2.75, 3.05) is 11.9 Å². The summed E-state index contributed by atoms with van der Waals surface area (Å²) in [5, 5.41) is 13.0. The number of rotatable bonds is 7. The van der Waals surface area contributed by atoms with Crippen LogP contribution in [0.2, 0.25) is 0 Å². The number of amides is 1. The van der Waals surface area contributed by atoms with E-state index < -0.39 is 5.54 Å². The van der Waals surface area contributed by atoms with Crippen molar-refractivity contribution in [2.45, 2.75) is 39.7 Å². The van der Waals surface area contributed by atoms with Gasteiger partial charge in [-0.15, -0.1) is 0 Å². The van der Waals surface area contributed by atoms with Crippen LogP contribution in [-0.4, -0.2) is 37.6 Å². The number of aromatic amines is 1. The minimum Gasteiger partial charge on any atom is -0.369 e. The van der Waals surface area contributed by atoms with Gasteiger partial charge in [-0.25, -0.2) is 9.97 Å². The Bertz CT molecular complexity index is 937. The molecule has 146 valence electrons. The third kappa shape index (κ3) is 4.51. The Kier molecular flexibility index (Phi) is 5.67. The topological polar surface area (TPSA) is 108 Å². The second-order valence-corrected chi connectivity index (χ2v) is 7.21. The van der Waals surface area contributed by atoms with E-state index in [0.29, 0.717) is 12.4 Å². The van der Waals surface area contributed by atoms with Crippen molar-refractivity contribution < 1.29 is 4.79 Å². The van der Waals surface area contributed by atoms with Crippen LogP contribution in [0.15, 0.2) is 36.9 Å². The van der Waals surface area contributed by atoms with E-state index >= 15 is 0 Å². The lowest BCUT2D eigenvalue weighted by Crippen LogP contribution is -2.42. The van der Waals surface area contributed by atoms with Crippen molar-refractivity contribution >= 4 is 11.7 Å². The average Bonchev–Trinajstić information content (AvgIpc) is 3.19. The molecule has 1 amide bonds. The molecule has 3 aromatic rings. The molecule has 0 bridgehead atoms. The van der Waals surface area contributed by atoms with Gasteiger partial charge in [0.05, 0.1) is 11.7 Å². The molecular formula is C20H25N7O. The van der Waals surface area contributed by atoms with Crippen molar-refractivity contribution in [3.05, 3.63) is 65.1 Å². The van der Waals surface area contributed by atoms with Crippen LogP contribution in [-0.2, 0) is 12.0 Å². The van der Waals surface area contributed by atoms with Crippen LogP contribution in [0.5, 0.6) is 0 Å². The maximum absolute atomic E-state index is 12.8. The Labute approximate surface area is 164 Å². The van der Waals surface area contributed by atoms with Crippen molar-refractivity contribution in [1.82, 2.24) is 30.5 Å². The quantitative estimate of drug-likeness (QED) is 0.582. The largest absolute Gasteiger partial charge is 0.369 e. The fourth-order valence-electron chi connectivity index (χ4n) is 2.79. The highest BCUT2D eigenvalue weighted by atomic mass is 16.2. The zero-order valence-corrected chi connectivity index (χ0v) is 16.6. The molecule has 0 saturated heterocycles.